The van der Waals surface area contributed by atoms with Crippen LogP contribution >= 0.6 is 39.1 Å². The lowest BCUT2D eigenvalue weighted by Crippen LogP contribution is -2.16. The fourth-order valence-electron chi connectivity index (χ4n) is 3.11. The molecule has 4 rings (SSSR count). The average Bonchev–Trinajstić information content (AvgIpc) is 3.24. The number of hydrogen-bond acceptors (Lipinski definition) is 5. The number of furan rings is 1. The van der Waals surface area contributed by atoms with Crippen molar-refractivity contribution in [1.29, 1.82) is 0 Å². The van der Waals surface area contributed by atoms with Gasteiger partial charge in [-0.25, -0.2) is 5.43 Å². The van der Waals surface area contributed by atoms with Gasteiger partial charge in [0, 0.05) is 25.5 Å². The molecule has 9 heteroatoms. The number of benzene rings is 3. The van der Waals surface area contributed by atoms with E-state index < -0.39 is 5.91 Å². The fraction of sp³-hybridized carbons (Fsp3) is 0.120. The number of fused-ring (bicyclic) bond motifs is 1. The average molecular weight is 562 g/mol. The van der Waals surface area contributed by atoms with E-state index in [1.54, 1.807) is 36.4 Å². The van der Waals surface area contributed by atoms with Crippen molar-refractivity contribution in [2.45, 2.75) is 13.5 Å². The summed E-state index contributed by atoms with van der Waals surface area (Å²) in [6, 6.07) is 17.8. The Morgan fingerprint density at radius 2 is 1.76 bits per heavy atom. The molecule has 0 spiro atoms. The summed E-state index contributed by atoms with van der Waals surface area (Å²) < 4.78 is 18.0. The third-order valence-electron chi connectivity index (χ3n) is 4.74. The number of rotatable bonds is 8. The predicted octanol–water partition coefficient (Wildman–Crippen LogP) is 7.24. The lowest BCUT2D eigenvalue weighted by Gasteiger charge is -2.14. The van der Waals surface area contributed by atoms with Crippen LogP contribution in [0.2, 0.25) is 10.0 Å². The van der Waals surface area contributed by atoms with Crippen LogP contribution in [0.25, 0.3) is 11.0 Å². The first-order valence-corrected chi connectivity index (χ1v) is 11.8. The molecule has 1 heterocycles. The maximum atomic E-state index is 12.4. The van der Waals surface area contributed by atoms with Gasteiger partial charge in [-0.15, -0.1) is 0 Å². The predicted molar refractivity (Wildman–Crippen MR) is 137 cm³/mol. The van der Waals surface area contributed by atoms with Crippen molar-refractivity contribution < 1.29 is 18.7 Å². The van der Waals surface area contributed by atoms with E-state index in [0.717, 1.165) is 15.4 Å². The van der Waals surface area contributed by atoms with Crippen LogP contribution in [0.1, 0.15) is 28.6 Å². The van der Waals surface area contributed by atoms with Gasteiger partial charge in [0.25, 0.3) is 0 Å². The minimum atomic E-state index is -0.479. The molecule has 0 aliphatic rings. The van der Waals surface area contributed by atoms with Crippen LogP contribution in [0.5, 0.6) is 11.5 Å². The summed E-state index contributed by atoms with van der Waals surface area (Å²) in [4.78, 5) is 12.4. The van der Waals surface area contributed by atoms with Gasteiger partial charge in [0.2, 0.25) is 0 Å². The van der Waals surface area contributed by atoms with Gasteiger partial charge in [-0.2, -0.15) is 5.10 Å². The number of hydrazone groups is 1. The quantitative estimate of drug-likeness (QED) is 0.182. The Morgan fingerprint density at radius 1 is 1.03 bits per heavy atom. The highest BCUT2D eigenvalue weighted by Crippen LogP contribution is 2.34. The van der Waals surface area contributed by atoms with Gasteiger partial charge in [0.1, 0.15) is 12.2 Å². The number of amides is 1. The Morgan fingerprint density at radius 3 is 2.53 bits per heavy atom. The molecule has 1 amide bonds. The number of nitrogens with one attached hydrogen (secondary N) is 1. The standard InChI is InChI=1S/C25H19BrCl2N2O4/c1-2-32-22-11-17(20(26)12-23(22)33-14-15-3-5-18(27)6-4-15)13-29-30-25(31)24-10-16-9-19(28)7-8-21(16)34-24/h3-13H,2,14H2,1H3,(H,30,31)/b29-13+. The molecule has 0 fully saturated rings. The third kappa shape index (κ3) is 5.91. The molecule has 34 heavy (non-hydrogen) atoms. The highest BCUT2D eigenvalue weighted by molar-refractivity contribution is 9.10. The molecule has 0 bridgehead atoms. The first-order valence-electron chi connectivity index (χ1n) is 10.3. The van der Waals surface area contributed by atoms with Crippen molar-refractivity contribution >= 4 is 62.2 Å². The molecule has 1 aromatic heterocycles. The number of carbonyl (C=O) groups excluding carboxylic acids is 1. The van der Waals surface area contributed by atoms with E-state index in [1.807, 2.05) is 31.2 Å². The molecule has 0 aliphatic carbocycles. The second-order valence-corrected chi connectivity index (χ2v) is 8.89. The molecule has 0 atom stereocenters. The van der Waals surface area contributed by atoms with Crippen molar-refractivity contribution in [3.63, 3.8) is 0 Å². The van der Waals surface area contributed by atoms with Crippen molar-refractivity contribution in [2.24, 2.45) is 5.10 Å². The molecule has 0 aliphatic heterocycles. The van der Waals surface area contributed by atoms with Crippen LogP contribution < -0.4 is 14.9 Å². The first kappa shape index (κ1) is 24.1. The normalized spacial score (nSPS) is 11.2. The Labute approximate surface area is 214 Å². The SMILES string of the molecule is CCOc1cc(/C=N/NC(=O)c2cc3cc(Cl)ccc3o2)c(Br)cc1OCc1ccc(Cl)cc1. The Bertz CT molecular complexity index is 1350. The topological polar surface area (TPSA) is 73.1 Å². The van der Waals surface area contributed by atoms with Gasteiger partial charge in [0.15, 0.2) is 17.3 Å². The number of ether oxygens (including phenoxy) is 2. The molecule has 0 unspecified atom stereocenters. The highest BCUT2D eigenvalue weighted by Gasteiger charge is 2.13. The van der Waals surface area contributed by atoms with E-state index >= 15 is 0 Å². The monoisotopic (exact) mass is 560 g/mol. The minimum absolute atomic E-state index is 0.134. The van der Waals surface area contributed by atoms with E-state index in [1.165, 1.54) is 6.21 Å². The number of hydrogen-bond donors (Lipinski definition) is 1. The van der Waals surface area contributed by atoms with Gasteiger partial charge < -0.3 is 13.9 Å². The van der Waals surface area contributed by atoms with Gasteiger partial charge in [-0.3, -0.25) is 4.79 Å². The Balaban J connectivity index is 1.46. The van der Waals surface area contributed by atoms with Crippen molar-refractivity contribution in [3.8, 4) is 11.5 Å². The van der Waals surface area contributed by atoms with Crippen molar-refractivity contribution in [2.75, 3.05) is 6.61 Å². The third-order valence-corrected chi connectivity index (χ3v) is 5.92. The molecule has 0 saturated carbocycles. The van der Waals surface area contributed by atoms with Crippen LogP contribution in [-0.2, 0) is 6.61 Å². The largest absolute Gasteiger partial charge is 0.490 e. The Kier molecular flexibility index (Phi) is 7.77. The zero-order valence-electron chi connectivity index (χ0n) is 18.0. The maximum absolute atomic E-state index is 12.4. The molecule has 6 nitrogen and oxygen atoms in total. The molecule has 0 saturated heterocycles. The minimum Gasteiger partial charge on any atom is -0.490 e. The summed E-state index contributed by atoms with van der Waals surface area (Å²) in [6.07, 6.45) is 1.51. The summed E-state index contributed by atoms with van der Waals surface area (Å²) in [6.45, 7) is 2.71. The molecule has 0 radical (unpaired) electrons. The second-order valence-electron chi connectivity index (χ2n) is 7.16. The summed E-state index contributed by atoms with van der Waals surface area (Å²) in [5, 5.41) is 6.02. The maximum Gasteiger partial charge on any atom is 0.307 e. The number of carbonyl (C=O) groups is 1. The zero-order chi connectivity index (χ0) is 24.1. The van der Waals surface area contributed by atoms with Crippen LogP contribution in [0, 0.1) is 0 Å². The molecular formula is C25H19BrCl2N2O4. The van der Waals surface area contributed by atoms with Crippen LogP contribution in [0.15, 0.2) is 74.7 Å². The lowest BCUT2D eigenvalue weighted by molar-refractivity contribution is 0.0929. The summed E-state index contributed by atoms with van der Waals surface area (Å²) in [5.41, 5.74) is 4.70. The molecular weight excluding hydrogens is 543 g/mol. The summed E-state index contributed by atoms with van der Waals surface area (Å²) >= 11 is 15.4. The van der Waals surface area contributed by atoms with E-state index in [0.29, 0.717) is 45.9 Å². The molecule has 3 aromatic carbocycles. The van der Waals surface area contributed by atoms with E-state index in [-0.39, 0.29) is 5.76 Å². The highest BCUT2D eigenvalue weighted by atomic mass is 79.9. The lowest BCUT2D eigenvalue weighted by atomic mass is 10.2. The fourth-order valence-corrected chi connectivity index (χ4v) is 3.85. The van der Waals surface area contributed by atoms with E-state index in [4.69, 9.17) is 37.1 Å². The van der Waals surface area contributed by atoms with Gasteiger partial charge >= 0.3 is 5.91 Å². The van der Waals surface area contributed by atoms with Crippen LogP contribution in [0.3, 0.4) is 0 Å². The zero-order valence-corrected chi connectivity index (χ0v) is 21.1. The molecule has 4 aromatic rings. The van der Waals surface area contributed by atoms with Gasteiger partial charge in [-0.1, -0.05) is 35.3 Å². The molecule has 174 valence electrons. The smallest absolute Gasteiger partial charge is 0.307 e. The van der Waals surface area contributed by atoms with Gasteiger partial charge in [-0.05, 0) is 76.9 Å². The number of halogens is 3. The van der Waals surface area contributed by atoms with Crippen molar-refractivity contribution in [3.05, 3.63) is 92.1 Å². The second kappa shape index (κ2) is 11.0. The summed E-state index contributed by atoms with van der Waals surface area (Å²) in [5.74, 6) is 0.787. The van der Waals surface area contributed by atoms with E-state index in [2.05, 4.69) is 26.5 Å². The van der Waals surface area contributed by atoms with Crippen LogP contribution in [0.4, 0.5) is 0 Å². The number of nitrogens with zero attached hydrogens (tertiary/aromatic N) is 1. The van der Waals surface area contributed by atoms with Crippen molar-refractivity contribution in [1.82, 2.24) is 5.43 Å². The van der Waals surface area contributed by atoms with Gasteiger partial charge in [0.05, 0.1) is 12.8 Å². The van der Waals surface area contributed by atoms with Crippen LogP contribution in [-0.4, -0.2) is 18.7 Å². The summed E-state index contributed by atoms with van der Waals surface area (Å²) in [7, 11) is 0. The first-order chi connectivity index (χ1) is 16.4. The molecule has 1 N–H and O–H groups in total. The van der Waals surface area contributed by atoms with E-state index in [9.17, 15) is 4.79 Å². The Hall–Kier alpha value is -3.00.